The Morgan fingerprint density at radius 3 is 1.67 bits per heavy atom. The lowest BCUT2D eigenvalue weighted by molar-refractivity contribution is 0.518. The summed E-state index contributed by atoms with van der Waals surface area (Å²) in [5, 5.41) is 11.3. The molecule has 0 radical (unpaired) electrons. The molecule has 98 valence electrons. The highest BCUT2D eigenvalue weighted by molar-refractivity contribution is 7.10. The molecule has 18 heavy (non-hydrogen) atoms. The lowest BCUT2D eigenvalue weighted by atomic mass is 10.2. The molecule has 2 aromatic heterocycles. The fourth-order valence-corrected chi connectivity index (χ4v) is 3.37. The normalized spacial score (nSPS) is 14.6. The molecule has 2 heterocycles. The Kier molecular flexibility index (Phi) is 5.38. The number of thiophene rings is 2. The summed E-state index contributed by atoms with van der Waals surface area (Å²) in [6.45, 7) is 6.42. The highest BCUT2D eigenvalue weighted by Crippen LogP contribution is 2.18. The van der Waals surface area contributed by atoms with Crippen LogP contribution in [0.4, 0.5) is 0 Å². The van der Waals surface area contributed by atoms with Crippen molar-refractivity contribution < 1.29 is 0 Å². The lowest BCUT2D eigenvalue weighted by Crippen LogP contribution is -2.30. The third-order valence-corrected chi connectivity index (χ3v) is 5.08. The largest absolute Gasteiger partial charge is 0.308 e. The van der Waals surface area contributed by atoms with E-state index in [1.807, 2.05) is 22.7 Å². The lowest BCUT2D eigenvalue weighted by Gasteiger charge is -2.15. The van der Waals surface area contributed by atoms with E-state index in [9.17, 15) is 0 Å². The van der Waals surface area contributed by atoms with Crippen molar-refractivity contribution >= 4 is 22.7 Å². The van der Waals surface area contributed by atoms with Crippen LogP contribution in [0.15, 0.2) is 35.0 Å². The zero-order valence-corrected chi connectivity index (χ0v) is 12.5. The third-order valence-electron chi connectivity index (χ3n) is 2.97. The minimum atomic E-state index is 0.448. The molecular weight excluding hydrogens is 260 g/mol. The number of nitrogens with one attached hydrogen (secondary N) is 2. The van der Waals surface area contributed by atoms with Gasteiger partial charge in [0.25, 0.3) is 0 Å². The number of hydrogen-bond donors (Lipinski definition) is 2. The molecule has 0 spiro atoms. The van der Waals surface area contributed by atoms with Gasteiger partial charge < -0.3 is 10.6 Å². The Morgan fingerprint density at radius 1 is 0.889 bits per heavy atom. The van der Waals surface area contributed by atoms with Gasteiger partial charge in [0.15, 0.2) is 0 Å². The van der Waals surface area contributed by atoms with E-state index in [-0.39, 0.29) is 0 Å². The number of rotatable bonds is 7. The topological polar surface area (TPSA) is 24.1 Å². The zero-order valence-electron chi connectivity index (χ0n) is 10.8. The van der Waals surface area contributed by atoms with Gasteiger partial charge in [-0.25, -0.2) is 0 Å². The molecule has 2 aromatic rings. The first-order chi connectivity index (χ1) is 8.77. The van der Waals surface area contributed by atoms with Crippen molar-refractivity contribution in [3.63, 3.8) is 0 Å². The highest BCUT2D eigenvalue weighted by Gasteiger charge is 2.07. The summed E-state index contributed by atoms with van der Waals surface area (Å²) >= 11 is 3.62. The van der Waals surface area contributed by atoms with E-state index in [0.29, 0.717) is 12.1 Å². The molecule has 2 rings (SSSR count). The summed E-state index contributed by atoms with van der Waals surface area (Å²) in [5.74, 6) is 0. The van der Waals surface area contributed by atoms with Crippen LogP contribution < -0.4 is 10.6 Å². The van der Waals surface area contributed by atoms with Crippen LogP contribution in [0.3, 0.4) is 0 Å². The Morgan fingerprint density at radius 2 is 1.33 bits per heavy atom. The Hall–Kier alpha value is -0.680. The van der Waals surface area contributed by atoms with E-state index in [1.165, 1.54) is 9.75 Å². The highest BCUT2D eigenvalue weighted by atomic mass is 32.1. The predicted molar refractivity (Wildman–Crippen MR) is 81.5 cm³/mol. The summed E-state index contributed by atoms with van der Waals surface area (Å²) in [6, 6.07) is 9.48. The van der Waals surface area contributed by atoms with E-state index in [4.69, 9.17) is 0 Å². The Balaban J connectivity index is 1.64. The summed E-state index contributed by atoms with van der Waals surface area (Å²) in [5.41, 5.74) is 0. The summed E-state index contributed by atoms with van der Waals surface area (Å²) in [7, 11) is 0. The third kappa shape index (κ3) is 3.92. The van der Waals surface area contributed by atoms with Crippen molar-refractivity contribution in [3.05, 3.63) is 44.8 Å². The van der Waals surface area contributed by atoms with Gasteiger partial charge >= 0.3 is 0 Å². The second-order valence-electron chi connectivity index (χ2n) is 4.38. The fraction of sp³-hybridized carbons (Fsp3) is 0.429. The minimum absolute atomic E-state index is 0.448. The van der Waals surface area contributed by atoms with E-state index in [1.54, 1.807) is 0 Å². The van der Waals surface area contributed by atoms with Gasteiger partial charge in [0, 0.05) is 34.9 Å². The molecule has 2 atom stereocenters. The van der Waals surface area contributed by atoms with Crippen LogP contribution in [0, 0.1) is 0 Å². The van der Waals surface area contributed by atoms with Crippen LogP contribution in [0.1, 0.15) is 35.7 Å². The summed E-state index contributed by atoms with van der Waals surface area (Å²) < 4.78 is 0. The van der Waals surface area contributed by atoms with Crippen LogP contribution in [0.2, 0.25) is 0 Å². The first-order valence-electron chi connectivity index (χ1n) is 6.31. The van der Waals surface area contributed by atoms with Crippen LogP contribution in [-0.4, -0.2) is 13.1 Å². The van der Waals surface area contributed by atoms with E-state index in [2.05, 4.69) is 59.5 Å². The van der Waals surface area contributed by atoms with Crippen LogP contribution in [-0.2, 0) is 0 Å². The Bertz CT molecular complexity index is 380. The molecule has 0 saturated carbocycles. The number of hydrogen-bond acceptors (Lipinski definition) is 4. The fourth-order valence-electron chi connectivity index (χ4n) is 1.85. The van der Waals surface area contributed by atoms with Crippen LogP contribution in [0.5, 0.6) is 0 Å². The van der Waals surface area contributed by atoms with E-state index >= 15 is 0 Å². The second-order valence-corrected chi connectivity index (χ2v) is 6.34. The molecule has 2 N–H and O–H groups in total. The van der Waals surface area contributed by atoms with Gasteiger partial charge in [-0.15, -0.1) is 22.7 Å². The monoisotopic (exact) mass is 280 g/mol. The van der Waals surface area contributed by atoms with Gasteiger partial charge in [0.1, 0.15) is 0 Å². The average molecular weight is 280 g/mol. The maximum Gasteiger partial charge on any atom is 0.0386 e. The minimum Gasteiger partial charge on any atom is -0.308 e. The molecule has 4 heteroatoms. The molecule has 2 nitrogen and oxygen atoms in total. The zero-order chi connectivity index (χ0) is 12.8. The molecule has 0 saturated heterocycles. The molecule has 0 amide bonds. The van der Waals surface area contributed by atoms with Crippen molar-refractivity contribution in [2.75, 3.05) is 13.1 Å². The molecule has 0 aliphatic carbocycles. The van der Waals surface area contributed by atoms with Crippen LogP contribution in [0.25, 0.3) is 0 Å². The molecule has 0 aliphatic heterocycles. The summed E-state index contributed by atoms with van der Waals surface area (Å²) in [4.78, 5) is 2.81. The van der Waals surface area contributed by atoms with Gasteiger partial charge in [0.05, 0.1) is 0 Å². The molecular formula is C14H20N2S2. The molecule has 0 aromatic carbocycles. The van der Waals surface area contributed by atoms with Gasteiger partial charge in [-0.1, -0.05) is 12.1 Å². The first-order valence-corrected chi connectivity index (χ1v) is 8.07. The van der Waals surface area contributed by atoms with Crippen LogP contribution >= 0.6 is 22.7 Å². The summed E-state index contributed by atoms with van der Waals surface area (Å²) in [6.07, 6.45) is 0. The molecule has 0 fully saturated rings. The predicted octanol–water partition coefficient (Wildman–Crippen LogP) is 3.81. The molecule has 0 bridgehead atoms. The standard InChI is InChI=1S/C14H20N2S2/c1-11(13-5-3-9-17-13)15-7-8-16-12(2)14-6-4-10-18-14/h3-6,9-12,15-16H,7-8H2,1-2H3/t11-,12-/m1/s1. The first kappa shape index (κ1) is 13.7. The molecule has 0 unspecified atom stereocenters. The Labute approximate surface area is 117 Å². The van der Waals surface area contributed by atoms with Crippen molar-refractivity contribution in [2.24, 2.45) is 0 Å². The molecule has 0 aliphatic rings. The maximum absolute atomic E-state index is 3.54. The van der Waals surface area contributed by atoms with Gasteiger partial charge in [-0.2, -0.15) is 0 Å². The quantitative estimate of drug-likeness (QED) is 0.754. The van der Waals surface area contributed by atoms with Gasteiger partial charge in [0.2, 0.25) is 0 Å². The van der Waals surface area contributed by atoms with Gasteiger partial charge in [-0.05, 0) is 36.7 Å². The van der Waals surface area contributed by atoms with Crippen molar-refractivity contribution in [1.29, 1.82) is 0 Å². The maximum atomic E-state index is 3.54. The average Bonchev–Trinajstić information content (AvgIpc) is 3.05. The smallest absolute Gasteiger partial charge is 0.0386 e. The second kappa shape index (κ2) is 7.04. The van der Waals surface area contributed by atoms with E-state index in [0.717, 1.165) is 13.1 Å². The van der Waals surface area contributed by atoms with Crippen molar-refractivity contribution in [1.82, 2.24) is 10.6 Å². The SMILES string of the molecule is C[C@@H](NCCN[C@H](C)c1cccs1)c1cccs1. The van der Waals surface area contributed by atoms with Crippen molar-refractivity contribution in [2.45, 2.75) is 25.9 Å². The van der Waals surface area contributed by atoms with Crippen molar-refractivity contribution in [3.8, 4) is 0 Å². The van der Waals surface area contributed by atoms with Gasteiger partial charge in [-0.3, -0.25) is 0 Å². The van der Waals surface area contributed by atoms with E-state index < -0.39 is 0 Å².